The molecule has 0 unspecified atom stereocenters. The number of pyridine rings is 4. The SMILES string of the molecule is NCCCNc1cc(-c2cc(NC3CCC(N)CC3)ncc2Cl)ccn1.N[C@H]1CC[C@H](Nc2cc(-c3ccnc(NCCCO)c3)c(Cl)cn2)CC1. The number of nitrogens with zero attached hydrogens (tertiary/aromatic N) is 4. The van der Waals surface area contributed by atoms with Crippen LogP contribution in [0.4, 0.5) is 23.3 Å². The number of aromatic nitrogens is 4. The lowest BCUT2D eigenvalue weighted by atomic mass is 9.92. The average Bonchev–Trinajstić information content (AvgIpc) is 3.16. The maximum Gasteiger partial charge on any atom is 0.126 e. The molecule has 0 aromatic carbocycles. The summed E-state index contributed by atoms with van der Waals surface area (Å²) in [5.41, 5.74) is 21.4. The lowest BCUT2D eigenvalue weighted by molar-refractivity contribution is 0.292. The zero-order valence-electron chi connectivity index (χ0n) is 29.7. The van der Waals surface area contributed by atoms with Gasteiger partial charge in [-0.15, -0.1) is 0 Å². The molecule has 4 heterocycles. The van der Waals surface area contributed by atoms with Crippen molar-refractivity contribution in [3.63, 3.8) is 0 Å². The Labute approximate surface area is 317 Å². The molecule has 4 aromatic rings. The number of aliphatic hydroxyl groups is 1. The molecule has 280 valence electrons. The summed E-state index contributed by atoms with van der Waals surface area (Å²) in [6.45, 7) is 2.29. The summed E-state index contributed by atoms with van der Waals surface area (Å²) in [6.07, 6.45) is 17.0. The van der Waals surface area contributed by atoms with E-state index in [1.165, 1.54) is 0 Å². The van der Waals surface area contributed by atoms with Crippen LogP contribution in [0, 0.1) is 0 Å². The maximum absolute atomic E-state index is 8.89. The first kappa shape index (κ1) is 39.4. The Hall–Kier alpha value is -3.78. The molecule has 0 bridgehead atoms. The fourth-order valence-electron chi connectivity index (χ4n) is 6.43. The molecule has 2 aliphatic carbocycles. The van der Waals surface area contributed by atoms with Crippen molar-refractivity contribution in [2.75, 3.05) is 47.5 Å². The predicted octanol–water partition coefficient (Wildman–Crippen LogP) is 6.51. The molecule has 6 rings (SSSR count). The molecule has 14 heteroatoms. The number of hydrogen-bond donors (Lipinski definition) is 8. The van der Waals surface area contributed by atoms with Crippen LogP contribution in [0.25, 0.3) is 22.3 Å². The zero-order valence-corrected chi connectivity index (χ0v) is 31.2. The van der Waals surface area contributed by atoms with Gasteiger partial charge in [0.05, 0.1) is 10.0 Å². The number of nitrogens with one attached hydrogen (secondary N) is 4. The second kappa shape index (κ2) is 20.5. The Balaban J connectivity index is 0.000000201. The highest BCUT2D eigenvalue weighted by Crippen LogP contribution is 2.33. The number of rotatable bonds is 14. The van der Waals surface area contributed by atoms with Crippen LogP contribution in [0.15, 0.2) is 61.2 Å². The molecule has 12 nitrogen and oxygen atoms in total. The minimum absolute atomic E-state index is 0.157. The fourth-order valence-corrected chi connectivity index (χ4v) is 6.85. The van der Waals surface area contributed by atoms with Gasteiger partial charge in [0.1, 0.15) is 23.3 Å². The number of aliphatic hydroxyl groups excluding tert-OH is 1. The first-order valence-corrected chi connectivity index (χ1v) is 19.1. The van der Waals surface area contributed by atoms with Crippen molar-refractivity contribution >= 4 is 46.5 Å². The molecule has 0 spiro atoms. The van der Waals surface area contributed by atoms with Crippen molar-refractivity contribution in [2.45, 2.75) is 88.4 Å². The third kappa shape index (κ3) is 12.1. The summed E-state index contributed by atoms with van der Waals surface area (Å²) < 4.78 is 0. The van der Waals surface area contributed by atoms with Gasteiger partial charge in [0.2, 0.25) is 0 Å². The van der Waals surface area contributed by atoms with Gasteiger partial charge in [0.25, 0.3) is 0 Å². The Bertz CT molecular complexity index is 1560. The number of halogens is 2. The van der Waals surface area contributed by atoms with Crippen molar-refractivity contribution in [2.24, 2.45) is 17.2 Å². The van der Waals surface area contributed by atoms with Gasteiger partial charge in [-0.2, -0.15) is 0 Å². The van der Waals surface area contributed by atoms with Gasteiger partial charge in [0.15, 0.2) is 0 Å². The zero-order chi connectivity index (χ0) is 36.7. The summed E-state index contributed by atoms with van der Waals surface area (Å²) in [4.78, 5) is 17.5. The van der Waals surface area contributed by atoms with Gasteiger partial charge < -0.3 is 43.6 Å². The standard InChI is InChI=1S/C19H27ClN6.C19H26ClN5O/c20-17-12-25-19(26-15-4-2-14(22)3-5-15)11-16(17)13-6-9-24-18(10-13)23-8-1-7-21;20-17-12-24-19(25-15-4-2-14(21)3-5-15)11-16(17)13-6-8-23-18(10-13)22-7-1-9-26/h6,9-12,14-15H,1-5,7-8,21-22H2,(H,23,24)(H,25,26);6,8,10-12,14-15,26H,1-5,7,9,21H2,(H,22,23)(H,24,25)/t;14-,15-. The van der Waals surface area contributed by atoms with E-state index in [1.807, 2.05) is 36.4 Å². The van der Waals surface area contributed by atoms with Crippen molar-refractivity contribution in [3.05, 3.63) is 71.2 Å². The predicted molar refractivity (Wildman–Crippen MR) is 215 cm³/mol. The summed E-state index contributed by atoms with van der Waals surface area (Å²) in [5.74, 6) is 3.26. The van der Waals surface area contributed by atoms with E-state index in [4.69, 9.17) is 45.5 Å². The maximum atomic E-state index is 8.89. The summed E-state index contributed by atoms with van der Waals surface area (Å²) in [7, 11) is 0. The minimum atomic E-state index is 0.157. The minimum Gasteiger partial charge on any atom is -0.396 e. The van der Waals surface area contributed by atoms with Crippen LogP contribution < -0.4 is 38.5 Å². The van der Waals surface area contributed by atoms with Gasteiger partial charge in [0, 0.05) is 79.8 Å². The molecule has 0 saturated heterocycles. The Kier molecular flexibility index (Phi) is 15.5. The van der Waals surface area contributed by atoms with E-state index < -0.39 is 0 Å². The quantitative estimate of drug-likeness (QED) is 0.0651. The van der Waals surface area contributed by atoms with Gasteiger partial charge in [-0.1, -0.05) is 23.2 Å². The summed E-state index contributed by atoms with van der Waals surface area (Å²) >= 11 is 12.8. The lowest BCUT2D eigenvalue weighted by Gasteiger charge is -2.27. The van der Waals surface area contributed by atoms with E-state index in [1.54, 1.807) is 24.8 Å². The highest BCUT2D eigenvalue weighted by Gasteiger charge is 2.20. The van der Waals surface area contributed by atoms with Crippen LogP contribution in [-0.4, -0.2) is 75.5 Å². The molecule has 0 aliphatic heterocycles. The third-order valence-corrected chi connectivity index (χ3v) is 10.0. The van der Waals surface area contributed by atoms with Crippen LogP contribution in [0.1, 0.15) is 64.2 Å². The number of anilines is 4. The van der Waals surface area contributed by atoms with E-state index in [2.05, 4.69) is 41.2 Å². The van der Waals surface area contributed by atoms with Crippen LogP contribution in [0.3, 0.4) is 0 Å². The molecule has 52 heavy (non-hydrogen) atoms. The first-order chi connectivity index (χ1) is 25.3. The normalized spacial score (nSPS) is 20.0. The van der Waals surface area contributed by atoms with Crippen molar-refractivity contribution in [1.82, 2.24) is 19.9 Å². The average molecular weight is 751 g/mol. The van der Waals surface area contributed by atoms with E-state index in [0.717, 1.165) is 110 Å². The molecular formula is C38H53Cl2N11O. The van der Waals surface area contributed by atoms with E-state index in [-0.39, 0.29) is 6.61 Å². The van der Waals surface area contributed by atoms with E-state index >= 15 is 0 Å². The molecule has 0 amide bonds. The van der Waals surface area contributed by atoms with E-state index in [0.29, 0.717) is 53.7 Å². The topological polar surface area (TPSA) is 198 Å². The second-order valence-electron chi connectivity index (χ2n) is 13.5. The highest BCUT2D eigenvalue weighted by atomic mass is 35.5. The largest absolute Gasteiger partial charge is 0.396 e. The van der Waals surface area contributed by atoms with Crippen LogP contribution in [0.5, 0.6) is 0 Å². The van der Waals surface area contributed by atoms with Gasteiger partial charge in [-0.05, 0) is 118 Å². The van der Waals surface area contributed by atoms with Crippen molar-refractivity contribution in [3.8, 4) is 22.3 Å². The lowest BCUT2D eigenvalue weighted by Crippen LogP contribution is -2.33. The first-order valence-electron chi connectivity index (χ1n) is 18.4. The summed E-state index contributed by atoms with van der Waals surface area (Å²) in [6, 6.07) is 13.3. The highest BCUT2D eigenvalue weighted by molar-refractivity contribution is 6.33. The van der Waals surface area contributed by atoms with Gasteiger partial charge >= 0.3 is 0 Å². The molecule has 2 fully saturated rings. The molecule has 4 aromatic heterocycles. The Morgan fingerprint density at radius 2 is 1.06 bits per heavy atom. The van der Waals surface area contributed by atoms with Gasteiger partial charge in [-0.25, -0.2) is 19.9 Å². The number of hydrogen-bond acceptors (Lipinski definition) is 12. The molecule has 11 N–H and O–H groups in total. The number of nitrogens with two attached hydrogens (primary N) is 3. The van der Waals surface area contributed by atoms with Crippen LogP contribution in [0.2, 0.25) is 10.0 Å². The van der Waals surface area contributed by atoms with Crippen molar-refractivity contribution in [1.29, 1.82) is 0 Å². The Morgan fingerprint density at radius 1 is 0.615 bits per heavy atom. The smallest absolute Gasteiger partial charge is 0.126 e. The fraction of sp³-hybridized carbons (Fsp3) is 0.474. The third-order valence-electron chi connectivity index (χ3n) is 9.43. The van der Waals surface area contributed by atoms with Crippen molar-refractivity contribution < 1.29 is 5.11 Å². The Morgan fingerprint density at radius 3 is 1.48 bits per heavy atom. The van der Waals surface area contributed by atoms with Gasteiger partial charge in [-0.3, -0.25) is 0 Å². The van der Waals surface area contributed by atoms with Crippen LogP contribution >= 0.6 is 23.2 Å². The van der Waals surface area contributed by atoms with E-state index in [9.17, 15) is 0 Å². The molecule has 2 aliphatic rings. The monoisotopic (exact) mass is 749 g/mol. The second-order valence-corrected chi connectivity index (χ2v) is 14.4. The van der Waals surface area contributed by atoms with Crippen LogP contribution in [-0.2, 0) is 0 Å². The molecule has 0 atom stereocenters. The molecule has 0 radical (unpaired) electrons. The molecule has 2 saturated carbocycles. The molecular weight excluding hydrogens is 697 g/mol. The summed E-state index contributed by atoms with van der Waals surface area (Å²) in [5, 5.41) is 23.6.